The van der Waals surface area contributed by atoms with E-state index in [4.69, 9.17) is 4.43 Å². The molecule has 0 aromatic rings. The average Bonchev–Trinajstić information content (AvgIpc) is 1.79. The number of hydrogen-bond donors (Lipinski definition) is 0. The third-order valence-corrected chi connectivity index (χ3v) is 3.28. The second-order valence-corrected chi connectivity index (χ2v) is 9.73. The van der Waals surface area contributed by atoms with Crippen LogP contribution in [0, 0.1) is 0 Å². The van der Waals surface area contributed by atoms with Crippen molar-refractivity contribution in [3.05, 3.63) is 0 Å². The predicted octanol–water partition coefficient (Wildman–Crippen LogP) is 0.902. The highest BCUT2D eigenvalue weighted by atomic mass is 32.3. The zero-order valence-electron chi connectivity index (χ0n) is 7.38. The molecule has 1 heterocycles. The van der Waals surface area contributed by atoms with Gasteiger partial charge in [-0.15, -0.1) is 4.36 Å². The molecule has 0 amide bonds. The fourth-order valence-corrected chi connectivity index (χ4v) is 2.39. The summed E-state index contributed by atoms with van der Waals surface area (Å²) in [4.78, 5) is 0. The minimum atomic E-state index is -3.72. The van der Waals surface area contributed by atoms with Crippen LogP contribution in [0.4, 0.5) is 0 Å². The molecule has 0 spiro atoms. The van der Waals surface area contributed by atoms with Crippen molar-refractivity contribution in [2.45, 2.75) is 19.6 Å². The van der Waals surface area contributed by atoms with Gasteiger partial charge < -0.3 is 4.43 Å². The molecule has 0 aliphatic carbocycles. The molecule has 13 heavy (non-hydrogen) atoms. The summed E-state index contributed by atoms with van der Waals surface area (Å²) in [6, 6.07) is -0.0980. The molecule has 1 aliphatic heterocycles. The molecule has 1 rings (SSSR count). The Morgan fingerprint density at radius 2 is 2.00 bits per heavy atom. The topological polar surface area (TPSA) is 80.5 Å². The molecule has 9 heteroatoms. The van der Waals surface area contributed by atoms with Gasteiger partial charge in [0.15, 0.2) is 0 Å². The molecule has 0 fully saturated rings. The molecule has 6 nitrogen and oxygen atoms in total. The van der Waals surface area contributed by atoms with Crippen molar-refractivity contribution in [1.29, 1.82) is 0 Å². The van der Waals surface area contributed by atoms with E-state index in [2.05, 4.69) is 12.5 Å². The first-order chi connectivity index (χ1) is 5.79. The molecule has 0 unspecified atom stereocenters. The van der Waals surface area contributed by atoms with Crippen LogP contribution in [0.15, 0.2) is 12.5 Å². The first-order valence-corrected chi connectivity index (χ1v) is 8.95. The van der Waals surface area contributed by atoms with Gasteiger partial charge in [-0.2, -0.15) is 8.42 Å². The van der Waals surface area contributed by atoms with Gasteiger partial charge in [-0.3, -0.25) is 0 Å². The van der Waals surface area contributed by atoms with E-state index in [9.17, 15) is 8.42 Å². The molecule has 74 valence electrons. The average molecular weight is 239 g/mol. The lowest BCUT2D eigenvalue weighted by atomic mass is 11.2. The lowest BCUT2D eigenvalue weighted by Gasteiger charge is -2.16. The lowest BCUT2D eigenvalue weighted by molar-refractivity contribution is 0.543. The van der Waals surface area contributed by atoms with Gasteiger partial charge in [0.1, 0.15) is 0 Å². The maximum absolute atomic E-state index is 10.8. The van der Waals surface area contributed by atoms with Crippen LogP contribution in [0.2, 0.25) is 19.6 Å². The zero-order chi connectivity index (χ0) is 10.1. The van der Waals surface area contributed by atoms with E-state index in [1.54, 1.807) is 0 Å². The Morgan fingerprint density at radius 3 is 2.46 bits per heavy atom. The molecule has 0 aromatic carbocycles. The van der Waals surface area contributed by atoms with Crippen LogP contribution in [-0.2, 0) is 26.0 Å². The SMILES string of the molecule is C[Si](C)(C)OC1=NS(=O)(=O)N=S=N1. The smallest absolute Gasteiger partial charge is 0.379 e. The number of rotatable bonds is 1. The van der Waals surface area contributed by atoms with E-state index in [1.807, 2.05) is 19.6 Å². The standard InChI is InChI=1S/C4H9N3O3S2Si/c1-13(2,3)10-4-5-11-7-12(8,9)6-4/h1-3H3. The van der Waals surface area contributed by atoms with Crippen LogP contribution in [0.1, 0.15) is 0 Å². The van der Waals surface area contributed by atoms with Gasteiger partial charge in [0.05, 0.1) is 11.4 Å². The van der Waals surface area contributed by atoms with Gasteiger partial charge >= 0.3 is 16.2 Å². The summed E-state index contributed by atoms with van der Waals surface area (Å²) in [5.41, 5.74) is 0. The summed E-state index contributed by atoms with van der Waals surface area (Å²) in [5.74, 6) is 0. The van der Waals surface area contributed by atoms with Gasteiger partial charge in [0, 0.05) is 0 Å². The number of amidine groups is 1. The van der Waals surface area contributed by atoms with Gasteiger partial charge in [-0.1, -0.05) is 8.17 Å². The van der Waals surface area contributed by atoms with Gasteiger partial charge in [0.25, 0.3) is 0 Å². The largest absolute Gasteiger partial charge is 0.517 e. The highest BCUT2D eigenvalue weighted by Gasteiger charge is 2.21. The Hall–Kier alpha value is -0.543. The fourth-order valence-electron chi connectivity index (χ4n) is 0.537. The monoisotopic (exact) mass is 239 g/mol. The van der Waals surface area contributed by atoms with Crippen molar-refractivity contribution in [2.75, 3.05) is 0 Å². The highest BCUT2D eigenvalue weighted by molar-refractivity contribution is 7.93. The Morgan fingerprint density at radius 1 is 1.38 bits per heavy atom. The summed E-state index contributed by atoms with van der Waals surface area (Å²) >= 11 is 0.579. The van der Waals surface area contributed by atoms with Crippen molar-refractivity contribution >= 4 is 35.9 Å². The first-order valence-electron chi connectivity index (χ1n) is 3.42. The molecule has 1 aliphatic rings. The highest BCUT2D eigenvalue weighted by Crippen LogP contribution is 2.08. The van der Waals surface area contributed by atoms with Crippen molar-refractivity contribution < 1.29 is 12.8 Å². The third-order valence-electron chi connectivity index (χ3n) is 0.837. The van der Waals surface area contributed by atoms with Crippen molar-refractivity contribution in [2.24, 2.45) is 12.5 Å². The van der Waals surface area contributed by atoms with Crippen molar-refractivity contribution in [3.8, 4) is 0 Å². The lowest BCUT2D eigenvalue weighted by Crippen LogP contribution is -2.29. The molecule has 0 atom stereocenters. The van der Waals surface area contributed by atoms with Gasteiger partial charge in [0.2, 0.25) is 8.32 Å². The Balaban J connectivity index is 2.93. The Kier molecular flexibility index (Phi) is 2.68. The Labute approximate surface area is 81.2 Å². The van der Waals surface area contributed by atoms with Crippen molar-refractivity contribution in [1.82, 2.24) is 0 Å². The number of hydrogen-bond acceptors (Lipinski definition) is 4. The van der Waals surface area contributed by atoms with Crippen LogP contribution in [0.3, 0.4) is 0 Å². The molecule has 0 N–H and O–H groups in total. The minimum Gasteiger partial charge on any atom is -0.517 e. The molecule has 0 aromatic heterocycles. The predicted molar refractivity (Wildman–Crippen MR) is 53.0 cm³/mol. The molecule has 0 bridgehead atoms. The van der Waals surface area contributed by atoms with E-state index in [0.717, 1.165) is 0 Å². The number of nitrogens with zero attached hydrogens (tertiary/aromatic N) is 3. The second kappa shape index (κ2) is 3.31. The van der Waals surface area contributed by atoms with E-state index < -0.39 is 18.5 Å². The summed E-state index contributed by atoms with van der Waals surface area (Å²) in [7, 11) is -5.58. The maximum Gasteiger partial charge on any atom is 0.379 e. The molecular weight excluding hydrogens is 230 g/mol. The third kappa shape index (κ3) is 3.78. The first kappa shape index (κ1) is 10.5. The molecule has 0 saturated heterocycles. The second-order valence-electron chi connectivity index (χ2n) is 3.28. The van der Waals surface area contributed by atoms with E-state index in [-0.39, 0.29) is 6.02 Å². The van der Waals surface area contributed by atoms with Crippen LogP contribution in [-0.4, -0.2) is 22.8 Å². The molecular formula is C4H9N3O3S2Si. The quantitative estimate of drug-likeness (QED) is 0.638. The summed E-state index contributed by atoms with van der Waals surface area (Å²) in [5, 5.41) is 0. The minimum absolute atomic E-state index is 0.0980. The fraction of sp³-hybridized carbons (Fsp3) is 0.750. The van der Waals surface area contributed by atoms with Crippen LogP contribution >= 0.6 is 0 Å². The molecule has 0 radical (unpaired) electrons. The van der Waals surface area contributed by atoms with Crippen LogP contribution in [0.5, 0.6) is 0 Å². The zero-order valence-corrected chi connectivity index (χ0v) is 10.0. The van der Waals surface area contributed by atoms with Crippen molar-refractivity contribution in [3.63, 3.8) is 0 Å². The molecule has 0 saturated carbocycles. The van der Waals surface area contributed by atoms with Gasteiger partial charge in [-0.25, -0.2) is 0 Å². The van der Waals surface area contributed by atoms with E-state index >= 15 is 0 Å². The van der Waals surface area contributed by atoms with E-state index in [0.29, 0.717) is 11.4 Å². The van der Waals surface area contributed by atoms with Crippen LogP contribution < -0.4 is 0 Å². The summed E-state index contributed by atoms with van der Waals surface area (Å²) in [6.07, 6.45) is 0. The Bertz CT molecular complexity index is 401. The van der Waals surface area contributed by atoms with Crippen LogP contribution in [0.25, 0.3) is 0 Å². The summed E-state index contributed by atoms with van der Waals surface area (Å²) < 4.78 is 37.0. The van der Waals surface area contributed by atoms with E-state index in [1.165, 1.54) is 0 Å². The maximum atomic E-state index is 10.8. The normalized spacial score (nSPS) is 20.4. The van der Waals surface area contributed by atoms with Gasteiger partial charge in [-0.05, 0) is 19.6 Å². The summed E-state index contributed by atoms with van der Waals surface area (Å²) in [6.45, 7) is 5.73.